The topological polar surface area (TPSA) is 89.3 Å². The summed E-state index contributed by atoms with van der Waals surface area (Å²) in [6, 6.07) is 11.2. The molecule has 6 heteroatoms. The maximum atomic E-state index is 12.0. The lowest BCUT2D eigenvalue weighted by Gasteiger charge is -2.09. The number of carbonyl (C=O) groups excluding carboxylic acids is 1. The summed E-state index contributed by atoms with van der Waals surface area (Å²) in [7, 11) is 0. The minimum Gasteiger partial charge on any atom is -0.494 e. The van der Waals surface area contributed by atoms with Crippen molar-refractivity contribution in [1.82, 2.24) is 10.3 Å². The predicted molar refractivity (Wildman–Crippen MR) is 80.9 cm³/mol. The van der Waals surface area contributed by atoms with Crippen LogP contribution >= 0.6 is 0 Å². The number of anilines is 1. The van der Waals surface area contributed by atoms with Crippen molar-refractivity contribution in [3.63, 3.8) is 0 Å². The lowest BCUT2D eigenvalue weighted by atomic mass is 10.2. The summed E-state index contributed by atoms with van der Waals surface area (Å²) < 4.78 is 5.54. The standard InChI is InChI=1S/C15H18N4O2/c16-19-14-11-17-9-7-13(14)15(20)18-8-4-10-21-12-5-2-1-3-6-12/h1-3,5-7,9,11,19H,4,8,10,16H2,(H,18,20). The van der Waals surface area contributed by atoms with Gasteiger partial charge in [0.15, 0.2) is 0 Å². The quantitative estimate of drug-likeness (QED) is 0.408. The average molecular weight is 286 g/mol. The molecule has 0 radical (unpaired) electrons. The van der Waals surface area contributed by atoms with Crippen LogP contribution in [-0.4, -0.2) is 24.0 Å². The number of hydrogen-bond donors (Lipinski definition) is 3. The molecule has 2 aromatic rings. The minimum absolute atomic E-state index is 0.190. The Bertz CT molecular complexity index is 575. The first-order valence-corrected chi connectivity index (χ1v) is 6.68. The summed E-state index contributed by atoms with van der Waals surface area (Å²) in [5.74, 6) is 5.98. The normalized spacial score (nSPS) is 9.95. The zero-order chi connectivity index (χ0) is 14.9. The lowest BCUT2D eigenvalue weighted by molar-refractivity contribution is 0.0952. The zero-order valence-electron chi connectivity index (χ0n) is 11.6. The Morgan fingerprint density at radius 3 is 2.81 bits per heavy atom. The van der Waals surface area contributed by atoms with Crippen LogP contribution in [0.25, 0.3) is 0 Å². The van der Waals surface area contributed by atoms with Crippen LogP contribution in [0.4, 0.5) is 5.69 Å². The highest BCUT2D eigenvalue weighted by Crippen LogP contribution is 2.11. The van der Waals surface area contributed by atoms with Crippen molar-refractivity contribution in [3.05, 3.63) is 54.4 Å². The number of nitrogens with one attached hydrogen (secondary N) is 2. The van der Waals surface area contributed by atoms with Crippen molar-refractivity contribution in [2.24, 2.45) is 5.84 Å². The Morgan fingerprint density at radius 1 is 1.24 bits per heavy atom. The van der Waals surface area contributed by atoms with Crippen LogP contribution in [0.5, 0.6) is 5.75 Å². The van der Waals surface area contributed by atoms with E-state index in [0.29, 0.717) is 24.4 Å². The number of hydrogen-bond acceptors (Lipinski definition) is 5. The fourth-order valence-corrected chi connectivity index (χ4v) is 1.78. The van der Waals surface area contributed by atoms with Gasteiger partial charge in [-0.05, 0) is 24.6 Å². The summed E-state index contributed by atoms with van der Waals surface area (Å²) in [5.41, 5.74) is 3.42. The highest BCUT2D eigenvalue weighted by atomic mass is 16.5. The van der Waals surface area contributed by atoms with E-state index in [1.807, 2.05) is 30.3 Å². The van der Waals surface area contributed by atoms with Gasteiger partial charge in [-0.2, -0.15) is 0 Å². The SMILES string of the molecule is NNc1cnccc1C(=O)NCCCOc1ccccc1. The van der Waals surface area contributed by atoms with E-state index in [0.717, 1.165) is 12.2 Å². The molecule has 4 N–H and O–H groups in total. The van der Waals surface area contributed by atoms with E-state index < -0.39 is 0 Å². The highest BCUT2D eigenvalue weighted by Gasteiger charge is 2.09. The first-order chi connectivity index (χ1) is 10.3. The van der Waals surface area contributed by atoms with E-state index in [9.17, 15) is 4.79 Å². The molecule has 1 heterocycles. The van der Waals surface area contributed by atoms with E-state index in [-0.39, 0.29) is 5.91 Å². The van der Waals surface area contributed by atoms with Crippen molar-refractivity contribution < 1.29 is 9.53 Å². The molecular formula is C15H18N4O2. The van der Waals surface area contributed by atoms with Crippen molar-refractivity contribution in [3.8, 4) is 5.75 Å². The fourth-order valence-electron chi connectivity index (χ4n) is 1.78. The van der Waals surface area contributed by atoms with E-state index >= 15 is 0 Å². The Hall–Kier alpha value is -2.60. The second kappa shape index (κ2) is 7.86. The third-order valence-electron chi connectivity index (χ3n) is 2.84. The number of nitrogens with zero attached hydrogens (tertiary/aromatic N) is 1. The number of carbonyl (C=O) groups is 1. The largest absolute Gasteiger partial charge is 0.494 e. The third-order valence-corrected chi connectivity index (χ3v) is 2.84. The van der Waals surface area contributed by atoms with Gasteiger partial charge in [0.2, 0.25) is 0 Å². The molecule has 0 fully saturated rings. The molecular weight excluding hydrogens is 268 g/mol. The van der Waals surface area contributed by atoms with Crippen molar-refractivity contribution in [2.45, 2.75) is 6.42 Å². The van der Waals surface area contributed by atoms with Gasteiger partial charge < -0.3 is 15.5 Å². The predicted octanol–water partition coefficient (Wildman–Crippen LogP) is 1.57. The van der Waals surface area contributed by atoms with E-state index in [1.54, 1.807) is 12.3 Å². The molecule has 0 saturated heterocycles. The maximum absolute atomic E-state index is 12.0. The van der Waals surface area contributed by atoms with Crippen LogP contribution in [0.2, 0.25) is 0 Å². The Balaban J connectivity index is 1.72. The number of amides is 1. The zero-order valence-corrected chi connectivity index (χ0v) is 11.6. The smallest absolute Gasteiger partial charge is 0.253 e. The molecule has 0 saturated carbocycles. The second-order valence-electron chi connectivity index (χ2n) is 4.34. The number of hydrazine groups is 1. The number of rotatable bonds is 7. The van der Waals surface area contributed by atoms with Gasteiger partial charge in [0.25, 0.3) is 5.91 Å². The van der Waals surface area contributed by atoms with Crippen molar-refractivity contribution >= 4 is 11.6 Å². The van der Waals surface area contributed by atoms with Gasteiger partial charge in [-0.3, -0.25) is 15.6 Å². The first-order valence-electron chi connectivity index (χ1n) is 6.68. The maximum Gasteiger partial charge on any atom is 0.253 e. The number of aromatic nitrogens is 1. The number of benzene rings is 1. The molecule has 2 rings (SSSR count). The second-order valence-corrected chi connectivity index (χ2v) is 4.34. The summed E-state index contributed by atoms with van der Waals surface area (Å²) in [5, 5.41) is 2.82. The molecule has 1 aromatic heterocycles. The van der Waals surface area contributed by atoms with Gasteiger partial charge in [0.1, 0.15) is 5.75 Å². The molecule has 0 unspecified atom stereocenters. The molecule has 0 aliphatic heterocycles. The van der Waals surface area contributed by atoms with E-state index in [2.05, 4.69) is 15.7 Å². The Morgan fingerprint density at radius 2 is 2.05 bits per heavy atom. The molecule has 0 bridgehead atoms. The highest BCUT2D eigenvalue weighted by molar-refractivity contribution is 5.99. The molecule has 0 aliphatic rings. The first kappa shape index (κ1) is 14.8. The van der Waals surface area contributed by atoms with Crippen LogP contribution in [0.15, 0.2) is 48.8 Å². The molecule has 1 amide bonds. The van der Waals surface area contributed by atoms with Crippen LogP contribution < -0.4 is 21.3 Å². The van der Waals surface area contributed by atoms with Crippen LogP contribution in [0.3, 0.4) is 0 Å². The molecule has 0 atom stereocenters. The van der Waals surface area contributed by atoms with Crippen LogP contribution in [-0.2, 0) is 0 Å². The number of ether oxygens (including phenoxy) is 1. The summed E-state index contributed by atoms with van der Waals surface area (Å²) >= 11 is 0. The molecule has 21 heavy (non-hydrogen) atoms. The van der Waals surface area contributed by atoms with Gasteiger partial charge in [-0.25, -0.2) is 0 Å². The number of pyridine rings is 1. The molecule has 1 aromatic carbocycles. The third kappa shape index (κ3) is 4.47. The summed E-state index contributed by atoms with van der Waals surface area (Å²) in [6.45, 7) is 1.07. The number of nitrogen functional groups attached to an aromatic ring is 1. The number of nitrogens with two attached hydrogens (primary N) is 1. The molecule has 6 nitrogen and oxygen atoms in total. The van der Waals surface area contributed by atoms with Gasteiger partial charge in [0.05, 0.1) is 24.1 Å². The number of para-hydroxylation sites is 1. The van der Waals surface area contributed by atoms with Gasteiger partial charge in [-0.1, -0.05) is 18.2 Å². The van der Waals surface area contributed by atoms with E-state index in [4.69, 9.17) is 10.6 Å². The Labute approximate surface area is 123 Å². The van der Waals surface area contributed by atoms with Crippen molar-refractivity contribution in [1.29, 1.82) is 0 Å². The minimum atomic E-state index is -0.190. The van der Waals surface area contributed by atoms with Gasteiger partial charge >= 0.3 is 0 Å². The van der Waals surface area contributed by atoms with Crippen molar-refractivity contribution in [2.75, 3.05) is 18.6 Å². The van der Waals surface area contributed by atoms with Gasteiger partial charge in [0, 0.05) is 12.7 Å². The lowest BCUT2D eigenvalue weighted by Crippen LogP contribution is -2.27. The molecule has 0 spiro atoms. The van der Waals surface area contributed by atoms with Crippen LogP contribution in [0, 0.1) is 0 Å². The fraction of sp³-hybridized carbons (Fsp3) is 0.200. The van der Waals surface area contributed by atoms with E-state index in [1.165, 1.54) is 6.20 Å². The van der Waals surface area contributed by atoms with Gasteiger partial charge in [-0.15, -0.1) is 0 Å². The molecule has 0 aliphatic carbocycles. The summed E-state index contributed by atoms with van der Waals surface area (Å²) in [4.78, 5) is 15.9. The Kier molecular flexibility index (Phi) is 5.54. The van der Waals surface area contributed by atoms with Crippen LogP contribution in [0.1, 0.15) is 16.8 Å². The summed E-state index contributed by atoms with van der Waals surface area (Å²) in [6.07, 6.45) is 3.78. The monoisotopic (exact) mass is 286 g/mol. The molecule has 110 valence electrons. The average Bonchev–Trinajstić information content (AvgIpc) is 2.55.